The summed E-state index contributed by atoms with van der Waals surface area (Å²) < 4.78 is 0. The number of thiol groups is 1. The maximum absolute atomic E-state index is 10.1. The van der Waals surface area contributed by atoms with Crippen molar-refractivity contribution in [1.29, 1.82) is 0 Å². The fourth-order valence-electron chi connectivity index (χ4n) is 0.918. The van der Waals surface area contributed by atoms with E-state index in [-0.39, 0.29) is 29.6 Å². The Hall–Kier alpha value is 0.820. The molecule has 0 aliphatic carbocycles. The van der Waals surface area contributed by atoms with Gasteiger partial charge in [0.2, 0.25) is 0 Å². The Morgan fingerprint density at radius 2 is 1.58 bits per heavy atom. The van der Waals surface area contributed by atoms with Crippen LogP contribution < -0.4 is 0 Å². The molecule has 0 bridgehead atoms. The normalized spacial score (nSPS) is 9.08. The van der Waals surface area contributed by atoms with Crippen LogP contribution in [0, 0.1) is 0 Å². The molecule has 0 atom stereocenters. The topological polar surface area (TPSA) is 37.3 Å². The number of aliphatic carboxylic acids is 1. The SMILES string of the molecule is O=C(O)CCCCCCCS.[NaH]. The number of unbranched alkanes of at least 4 members (excludes halogenated alkanes) is 4. The van der Waals surface area contributed by atoms with Crippen LogP contribution in [0.4, 0.5) is 0 Å². The molecule has 68 valence electrons. The van der Waals surface area contributed by atoms with Crippen molar-refractivity contribution in [2.45, 2.75) is 38.5 Å². The first-order valence-electron chi connectivity index (χ1n) is 4.10. The van der Waals surface area contributed by atoms with Crippen LogP contribution in [0.2, 0.25) is 0 Å². The molecule has 0 aromatic rings. The summed E-state index contributed by atoms with van der Waals surface area (Å²) in [5.74, 6) is 0.262. The summed E-state index contributed by atoms with van der Waals surface area (Å²) >= 11 is 4.08. The van der Waals surface area contributed by atoms with Crippen molar-refractivity contribution in [2.75, 3.05) is 5.75 Å². The van der Waals surface area contributed by atoms with Gasteiger partial charge in [-0.15, -0.1) is 0 Å². The molecule has 0 fully saturated rings. The second-order valence-corrected chi connectivity index (χ2v) is 3.08. The molecule has 0 aromatic carbocycles. The first kappa shape index (κ1) is 15.3. The van der Waals surface area contributed by atoms with E-state index in [1.807, 2.05) is 0 Å². The van der Waals surface area contributed by atoms with Gasteiger partial charge >= 0.3 is 35.5 Å². The Labute approximate surface area is 102 Å². The predicted octanol–water partition coefficient (Wildman–Crippen LogP) is 1.69. The summed E-state index contributed by atoms with van der Waals surface area (Å²) in [6.45, 7) is 0. The zero-order valence-electron chi connectivity index (χ0n) is 6.75. The Bertz CT molecular complexity index is 109. The van der Waals surface area contributed by atoms with Crippen molar-refractivity contribution in [2.24, 2.45) is 0 Å². The third kappa shape index (κ3) is 13.4. The average molecular weight is 200 g/mol. The summed E-state index contributed by atoms with van der Waals surface area (Å²) in [6, 6.07) is 0. The van der Waals surface area contributed by atoms with Gasteiger partial charge in [0.05, 0.1) is 0 Å². The molecule has 0 saturated carbocycles. The van der Waals surface area contributed by atoms with Gasteiger partial charge in [0.15, 0.2) is 0 Å². The van der Waals surface area contributed by atoms with E-state index in [1.165, 1.54) is 6.42 Å². The van der Waals surface area contributed by atoms with Crippen LogP contribution in [0.1, 0.15) is 38.5 Å². The van der Waals surface area contributed by atoms with Crippen LogP contribution in [0.3, 0.4) is 0 Å². The second kappa shape index (κ2) is 11.8. The van der Waals surface area contributed by atoms with Crippen molar-refractivity contribution < 1.29 is 9.90 Å². The van der Waals surface area contributed by atoms with Gasteiger partial charge in [-0.25, -0.2) is 0 Å². The third-order valence-corrected chi connectivity index (χ3v) is 1.86. The molecule has 0 spiro atoms. The molecule has 0 aromatic heterocycles. The Morgan fingerprint density at radius 3 is 2.08 bits per heavy atom. The monoisotopic (exact) mass is 200 g/mol. The van der Waals surface area contributed by atoms with Crippen LogP contribution >= 0.6 is 12.6 Å². The molecule has 0 saturated heterocycles. The van der Waals surface area contributed by atoms with E-state index in [9.17, 15) is 4.79 Å². The summed E-state index contributed by atoms with van der Waals surface area (Å²) in [5, 5.41) is 8.30. The second-order valence-electron chi connectivity index (χ2n) is 2.64. The molecule has 0 amide bonds. The van der Waals surface area contributed by atoms with Gasteiger partial charge < -0.3 is 5.11 Å². The number of carboxylic acid groups (broad SMARTS) is 1. The average Bonchev–Trinajstić information content (AvgIpc) is 1.96. The molecule has 12 heavy (non-hydrogen) atoms. The quantitative estimate of drug-likeness (QED) is 0.373. The summed E-state index contributed by atoms with van der Waals surface area (Å²) in [6.07, 6.45) is 5.66. The van der Waals surface area contributed by atoms with E-state index >= 15 is 0 Å². The first-order chi connectivity index (χ1) is 5.27. The van der Waals surface area contributed by atoms with Crippen LogP contribution in [-0.2, 0) is 4.79 Å². The van der Waals surface area contributed by atoms with Crippen molar-refractivity contribution in [3.63, 3.8) is 0 Å². The molecule has 0 aliphatic heterocycles. The molecule has 0 rings (SSSR count). The molecule has 0 aliphatic rings. The molecular weight excluding hydrogens is 183 g/mol. The van der Waals surface area contributed by atoms with Crippen molar-refractivity contribution in [1.82, 2.24) is 0 Å². The van der Waals surface area contributed by atoms with Gasteiger partial charge in [-0.05, 0) is 18.6 Å². The Balaban J connectivity index is 0. The number of carbonyl (C=O) groups is 1. The van der Waals surface area contributed by atoms with Gasteiger partial charge in [-0.3, -0.25) is 4.79 Å². The van der Waals surface area contributed by atoms with Crippen LogP contribution in [0.15, 0.2) is 0 Å². The van der Waals surface area contributed by atoms with Crippen LogP contribution in [0.5, 0.6) is 0 Å². The molecule has 0 unspecified atom stereocenters. The van der Waals surface area contributed by atoms with Crippen LogP contribution in [0.25, 0.3) is 0 Å². The molecule has 0 radical (unpaired) electrons. The van der Waals surface area contributed by atoms with E-state index < -0.39 is 5.97 Å². The minimum atomic E-state index is -0.681. The summed E-state index contributed by atoms with van der Waals surface area (Å²) in [7, 11) is 0. The zero-order valence-corrected chi connectivity index (χ0v) is 7.65. The van der Waals surface area contributed by atoms with Gasteiger partial charge in [-0.1, -0.05) is 19.3 Å². The standard InChI is InChI=1S/C8H16O2S.Na.H/c9-8(10)6-4-2-1-3-5-7-11;;/h11H,1-7H2,(H,9,10);;. The van der Waals surface area contributed by atoms with Gasteiger partial charge in [-0.2, -0.15) is 12.6 Å². The van der Waals surface area contributed by atoms with Crippen molar-refractivity contribution in [3.8, 4) is 0 Å². The Morgan fingerprint density at radius 1 is 1.08 bits per heavy atom. The van der Waals surface area contributed by atoms with Gasteiger partial charge in [0.25, 0.3) is 0 Å². The summed E-state index contributed by atoms with van der Waals surface area (Å²) in [4.78, 5) is 10.1. The minimum absolute atomic E-state index is 0. The molecule has 0 heterocycles. The molecule has 4 heteroatoms. The van der Waals surface area contributed by atoms with Crippen molar-refractivity contribution >= 4 is 48.2 Å². The number of carboxylic acids is 1. The van der Waals surface area contributed by atoms with E-state index in [0.29, 0.717) is 6.42 Å². The maximum atomic E-state index is 10.1. The predicted molar refractivity (Wildman–Crippen MR) is 56.3 cm³/mol. The number of rotatable bonds is 7. The van der Waals surface area contributed by atoms with Crippen LogP contribution in [-0.4, -0.2) is 46.4 Å². The van der Waals surface area contributed by atoms with Gasteiger partial charge in [0, 0.05) is 6.42 Å². The molecular formula is C8H17NaO2S. The van der Waals surface area contributed by atoms with E-state index in [1.54, 1.807) is 0 Å². The van der Waals surface area contributed by atoms with Gasteiger partial charge in [0.1, 0.15) is 0 Å². The first-order valence-corrected chi connectivity index (χ1v) is 4.73. The fourth-order valence-corrected chi connectivity index (χ4v) is 1.14. The van der Waals surface area contributed by atoms with E-state index in [2.05, 4.69) is 12.6 Å². The van der Waals surface area contributed by atoms with Crippen molar-refractivity contribution in [3.05, 3.63) is 0 Å². The third-order valence-electron chi connectivity index (χ3n) is 1.55. The number of hydrogen-bond acceptors (Lipinski definition) is 2. The number of hydrogen-bond donors (Lipinski definition) is 2. The Kier molecular flexibility index (Phi) is 15.1. The van der Waals surface area contributed by atoms with E-state index in [0.717, 1.165) is 31.4 Å². The van der Waals surface area contributed by atoms with E-state index in [4.69, 9.17) is 5.11 Å². The molecule has 2 nitrogen and oxygen atoms in total. The summed E-state index contributed by atoms with van der Waals surface area (Å²) in [5.41, 5.74) is 0. The zero-order chi connectivity index (χ0) is 8.53. The molecule has 1 N–H and O–H groups in total. The fraction of sp³-hybridized carbons (Fsp3) is 0.875.